The van der Waals surface area contributed by atoms with E-state index in [0.29, 0.717) is 6.54 Å². The number of rotatable bonds is 9. The predicted molar refractivity (Wildman–Crippen MR) is 120 cm³/mol. The van der Waals surface area contributed by atoms with Crippen molar-refractivity contribution in [3.05, 3.63) is 64.6 Å². The molecule has 2 rings (SSSR count). The largest absolute Gasteiger partial charge is 0.488 e. The van der Waals surface area contributed by atoms with Crippen LogP contribution in [0.2, 0.25) is 0 Å². The molecule has 1 aromatic carbocycles. The minimum atomic E-state index is -0.247. The first-order valence-electron chi connectivity index (χ1n) is 10.3. The van der Waals surface area contributed by atoms with Gasteiger partial charge in [0, 0.05) is 37.5 Å². The molecule has 0 fully saturated rings. The standard InChI is InChI=1S/C23H34N4O2/c1-5-24-22(25-15-9-11-17-27-16-10-8-14-21(27)28)26-18-19-12-6-7-13-20(19)29-23(2,3)4/h6-8,10,12-14,16H,5,9,11,15,17-18H2,1-4H3,(H2,24,25,26). The molecule has 2 aromatic rings. The van der Waals surface area contributed by atoms with Gasteiger partial charge < -0.3 is 19.9 Å². The molecule has 0 aliphatic heterocycles. The number of hydrogen-bond donors (Lipinski definition) is 2. The third-order valence-electron chi connectivity index (χ3n) is 4.16. The van der Waals surface area contributed by atoms with Crippen LogP contribution in [0.3, 0.4) is 0 Å². The molecule has 6 heteroatoms. The Kier molecular flexibility index (Phi) is 8.77. The van der Waals surface area contributed by atoms with E-state index in [9.17, 15) is 4.79 Å². The van der Waals surface area contributed by atoms with Crippen LogP contribution in [-0.2, 0) is 13.1 Å². The summed E-state index contributed by atoms with van der Waals surface area (Å²) in [6, 6.07) is 13.3. The van der Waals surface area contributed by atoms with Gasteiger partial charge in [-0.3, -0.25) is 4.79 Å². The zero-order chi connectivity index (χ0) is 21.1. The Morgan fingerprint density at radius 1 is 1.07 bits per heavy atom. The number of benzene rings is 1. The molecule has 1 aromatic heterocycles. The maximum Gasteiger partial charge on any atom is 0.250 e. The molecule has 158 valence electrons. The van der Waals surface area contributed by atoms with E-state index in [0.717, 1.165) is 49.7 Å². The highest BCUT2D eigenvalue weighted by Gasteiger charge is 2.14. The fourth-order valence-electron chi connectivity index (χ4n) is 2.83. The van der Waals surface area contributed by atoms with Gasteiger partial charge in [0.1, 0.15) is 11.4 Å². The van der Waals surface area contributed by atoms with Crippen molar-refractivity contribution in [2.24, 2.45) is 4.99 Å². The molecule has 0 spiro atoms. The summed E-state index contributed by atoms with van der Waals surface area (Å²) in [5, 5.41) is 6.65. The van der Waals surface area contributed by atoms with Crippen LogP contribution in [0.4, 0.5) is 0 Å². The molecule has 0 unspecified atom stereocenters. The quantitative estimate of drug-likeness (QED) is 0.385. The number of aliphatic imine (C=N–C) groups is 1. The predicted octanol–water partition coefficient (Wildman–Crippen LogP) is 3.56. The maximum absolute atomic E-state index is 11.7. The molecule has 2 N–H and O–H groups in total. The van der Waals surface area contributed by atoms with Crippen LogP contribution in [0.25, 0.3) is 0 Å². The Hall–Kier alpha value is -2.76. The first-order chi connectivity index (χ1) is 13.9. The number of nitrogens with one attached hydrogen (secondary N) is 2. The molecule has 29 heavy (non-hydrogen) atoms. The van der Waals surface area contributed by atoms with Crippen LogP contribution in [-0.4, -0.2) is 29.2 Å². The van der Waals surface area contributed by atoms with Crippen LogP contribution in [0.15, 0.2) is 58.4 Å². The SMILES string of the molecule is CCNC(=NCc1ccccc1OC(C)(C)C)NCCCCn1ccccc1=O. The minimum Gasteiger partial charge on any atom is -0.488 e. The molecule has 0 saturated carbocycles. The highest BCUT2D eigenvalue weighted by Crippen LogP contribution is 2.23. The molecule has 0 amide bonds. The molecule has 0 atom stereocenters. The summed E-state index contributed by atoms with van der Waals surface area (Å²) in [4.78, 5) is 16.4. The van der Waals surface area contributed by atoms with Gasteiger partial charge in [0.05, 0.1) is 6.54 Å². The Labute approximate surface area is 174 Å². The number of aryl methyl sites for hydroxylation is 1. The molecular weight excluding hydrogens is 364 g/mol. The van der Waals surface area contributed by atoms with Crippen molar-refractivity contribution < 1.29 is 4.74 Å². The van der Waals surface area contributed by atoms with Gasteiger partial charge in [-0.15, -0.1) is 0 Å². The zero-order valence-electron chi connectivity index (χ0n) is 18.1. The topological polar surface area (TPSA) is 67.7 Å². The van der Waals surface area contributed by atoms with Crippen molar-refractivity contribution in [1.82, 2.24) is 15.2 Å². The maximum atomic E-state index is 11.7. The summed E-state index contributed by atoms with van der Waals surface area (Å²) < 4.78 is 7.79. The fraction of sp³-hybridized carbons (Fsp3) is 0.478. The van der Waals surface area contributed by atoms with Gasteiger partial charge >= 0.3 is 0 Å². The highest BCUT2D eigenvalue weighted by atomic mass is 16.5. The van der Waals surface area contributed by atoms with Gasteiger partial charge in [0.15, 0.2) is 5.96 Å². The fourth-order valence-corrected chi connectivity index (χ4v) is 2.83. The third-order valence-corrected chi connectivity index (χ3v) is 4.16. The smallest absolute Gasteiger partial charge is 0.250 e. The lowest BCUT2D eigenvalue weighted by molar-refractivity contribution is 0.129. The summed E-state index contributed by atoms with van der Waals surface area (Å²) >= 11 is 0. The van der Waals surface area contributed by atoms with Gasteiger partial charge in [0.2, 0.25) is 5.56 Å². The molecular formula is C23H34N4O2. The average molecular weight is 399 g/mol. The second kappa shape index (κ2) is 11.3. The minimum absolute atomic E-state index is 0.0477. The molecule has 0 radical (unpaired) electrons. The van der Waals surface area contributed by atoms with Gasteiger partial charge in [-0.05, 0) is 52.7 Å². The zero-order valence-corrected chi connectivity index (χ0v) is 18.1. The Morgan fingerprint density at radius 3 is 2.55 bits per heavy atom. The lowest BCUT2D eigenvalue weighted by Crippen LogP contribution is -2.37. The number of unbranched alkanes of at least 4 members (excludes halogenated alkanes) is 1. The van der Waals surface area contributed by atoms with E-state index < -0.39 is 0 Å². The number of nitrogens with zero attached hydrogens (tertiary/aromatic N) is 2. The van der Waals surface area contributed by atoms with Crippen LogP contribution in [0.1, 0.15) is 46.1 Å². The van der Waals surface area contributed by atoms with Crippen molar-refractivity contribution in [2.45, 2.75) is 59.2 Å². The van der Waals surface area contributed by atoms with Gasteiger partial charge in [0.25, 0.3) is 0 Å². The van der Waals surface area contributed by atoms with Crippen molar-refractivity contribution in [3.8, 4) is 5.75 Å². The molecule has 6 nitrogen and oxygen atoms in total. The van der Waals surface area contributed by atoms with Gasteiger partial charge in [-0.25, -0.2) is 4.99 Å². The van der Waals surface area contributed by atoms with Crippen LogP contribution in [0.5, 0.6) is 5.75 Å². The van der Waals surface area contributed by atoms with Crippen LogP contribution >= 0.6 is 0 Å². The second-order valence-corrected chi connectivity index (χ2v) is 7.88. The van der Waals surface area contributed by atoms with Crippen LogP contribution < -0.4 is 20.9 Å². The average Bonchev–Trinajstić information content (AvgIpc) is 2.67. The number of pyridine rings is 1. The van der Waals surface area contributed by atoms with E-state index in [1.807, 2.05) is 57.3 Å². The van der Waals surface area contributed by atoms with Crippen LogP contribution in [0, 0.1) is 0 Å². The lowest BCUT2D eigenvalue weighted by atomic mass is 10.1. The Morgan fingerprint density at radius 2 is 1.83 bits per heavy atom. The second-order valence-electron chi connectivity index (χ2n) is 7.88. The Bertz CT molecular complexity index is 837. The lowest BCUT2D eigenvalue weighted by Gasteiger charge is -2.23. The molecule has 1 heterocycles. The van der Waals surface area contributed by atoms with Crippen molar-refractivity contribution in [1.29, 1.82) is 0 Å². The van der Waals surface area contributed by atoms with E-state index in [-0.39, 0.29) is 11.2 Å². The Balaban J connectivity index is 1.87. The van der Waals surface area contributed by atoms with E-state index in [2.05, 4.69) is 17.6 Å². The van der Waals surface area contributed by atoms with Crippen molar-refractivity contribution in [2.75, 3.05) is 13.1 Å². The first-order valence-corrected chi connectivity index (χ1v) is 10.3. The monoisotopic (exact) mass is 398 g/mol. The number of guanidine groups is 1. The number of para-hydroxylation sites is 1. The highest BCUT2D eigenvalue weighted by molar-refractivity contribution is 5.79. The van der Waals surface area contributed by atoms with E-state index in [1.165, 1.54) is 0 Å². The number of hydrogen-bond acceptors (Lipinski definition) is 3. The number of ether oxygens (including phenoxy) is 1. The summed E-state index contributed by atoms with van der Waals surface area (Å²) in [5.74, 6) is 1.66. The molecule has 0 aliphatic carbocycles. The third kappa shape index (κ3) is 8.42. The van der Waals surface area contributed by atoms with Crippen molar-refractivity contribution >= 4 is 5.96 Å². The molecule has 0 saturated heterocycles. The summed E-state index contributed by atoms with van der Waals surface area (Å²) in [6.07, 6.45) is 3.71. The molecule has 0 bridgehead atoms. The normalized spacial score (nSPS) is 11.9. The van der Waals surface area contributed by atoms with E-state index in [4.69, 9.17) is 9.73 Å². The van der Waals surface area contributed by atoms with Crippen molar-refractivity contribution in [3.63, 3.8) is 0 Å². The van der Waals surface area contributed by atoms with Gasteiger partial charge in [-0.1, -0.05) is 24.3 Å². The summed E-state index contributed by atoms with van der Waals surface area (Å²) in [7, 11) is 0. The van der Waals surface area contributed by atoms with E-state index in [1.54, 1.807) is 16.7 Å². The summed E-state index contributed by atoms with van der Waals surface area (Å²) in [6.45, 7) is 11.1. The first kappa shape index (κ1) is 22.5. The molecule has 0 aliphatic rings. The summed E-state index contributed by atoms with van der Waals surface area (Å²) in [5.41, 5.74) is 0.859. The van der Waals surface area contributed by atoms with E-state index >= 15 is 0 Å². The number of aromatic nitrogens is 1. The van der Waals surface area contributed by atoms with Gasteiger partial charge in [-0.2, -0.15) is 0 Å².